The zero-order valence-corrected chi connectivity index (χ0v) is 28.4. The molecule has 9 nitrogen and oxygen atoms in total. The van der Waals surface area contributed by atoms with Gasteiger partial charge in [-0.05, 0) is 75.5 Å². The Bertz CT molecular complexity index is 1640. The van der Waals surface area contributed by atoms with Crippen molar-refractivity contribution in [1.82, 2.24) is 20.2 Å². The largest absolute Gasteiger partial charge is 0.496 e. The third kappa shape index (κ3) is 6.26. The molecule has 0 radical (unpaired) electrons. The zero-order chi connectivity index (χ0) is 32.6. The van der Waals surface area contributed by atoms with Crippen LogP contribution in [0.25, 0.3) is 21.6 Å². The summed E-state index contributed by atoms with van der Waals surface area (Å²) in [6.07, 6.45) is 9.28. The highest BCUT2D eigenvalue weighted by Crippen LogP contribution is 2.46. The lowest BCUT2D eigenvalue weighted by Gasteiger charge is -2.26. The van der Waals surface area contributed by atoms with Gasteiger partial charge in [0.15, 0.2) is 0 Å². The van der Waals surface area contributed by atoms with Gasteiger partial charge in [0.1, 0.15) is 27.7 Å². The van der Waals surface area contributed by atoms with Gasteiger partial charge in [-0.15, -0.1) is 11.3 Å². The normalized spacial score (nSPS) is 27.6. The number of pyridine rings is 1. The van der Waals surface area contributed by atoms with Gasteiger partial charge in [0.25, 0.3) is 0 Å². The molecule has 2 aliphatic carbocycles. The third-order valence-electron chi connectivity index (χ3n) is 10.1. The number of amides is 1. The number of nitrogens with one attached hydrogen (secondary N) is 1. The van der Waals surface area contributed by atoms with Crippen LogP contribution >= 0.6 is 11.3 Å². The first kappa shape index (κ1) is 32.4. The van der Waals surface area contributed by atoms with Gasteiger partial charge in [0.05, 0.1) is 24.4 Å². The van der Waals surface area contributed by atoms with Crippen molar-refractivity contribution in [2.45, 2.75) is 83.3 Å². The number of aliphatic carboxylic acids is 1. The predicted molar refractivity (Wildman–Crippen MR) is 181 cm³/mol. The number of carbonyl (C=O) groups excluding carboxylic acids is 1. The molecule has 246 valence electrons. The van der Waals surface area contributed by atoms with Gasteiger partial charge in [0, 0.05) is 47.8 Å². The standard InChI is InChI=1S/C36H46N4O5S/c1-6-25-30(44-5)13-12-26-31(17-28(38-32(25)26)33-39-29(20-46-33)21(2)3)45-24-15-22-19-37-36(35(42)43)18-23(36)11-9-7-8-10-14-40(4)34(41)27(22)16-24/h9,11-13,17,20-24,27,37H,6-8,10,14-16,18-19H2,1-5H3,(H,42,43)/b11-9-/t22-,23+,24+,27+,36+/m0/s1. The van der Waals surface area contributed by atoms with Gasteiger partial charge in [-0.1, -0.05) is 32.9 Å². The van der Waals surface area contributed by atoms with Gasteiger partial charge in [-0.2, -0.15) is 0 Å². The van der Waals surface area contributed by atoms with E-state index < -0.39 is 11.5 Å². The maximum atomic E-state index is 13.8. The highest BCUT2D eigenvalue weighted by molar-refractivity contribution is 7.13. The fourth-order valence-electron chi connectivity index (χ4n) is 7.21. The van der Waals surface area contributed by atoms with E-state index in [1.807, 2.05) is 30.1 Å². The second kappa shape index (κ2) is 13.3. The molecular formula is C36H46N4O5S. The molecular weight excluding hydrogens is 600 g/mol. The van der Waals surface area contributed by atoms with Gasteiger partial charge in [0.2, 0.25) is 5.91 Å². The Hall–Kier alpha value is -3.50. The Labute approximate surface area is 275 Å². The summed E-state index contributed by atoms with van der Waals surface area (Å²) in [4.78, 5) is 38.1. The van der Waals surface area contributed by atoms with Crippen LogP contribution in [0.4, 0.5) is 0 Å². The van der Waals surface area contributed by atoms with E-state index in [1.54, 1.807) is 18.4 Å². The van der Waals surface area contributed by atoms with Crippen molar-refractivity contribution in [3.8, 4) is 22.2 Å². The molecule has 1 aromatic carbocycles. The molecule has 2 N–H and O–H groups in total. The maximum Gasteiger partial charge on any atom is 0.324 e. The summed E-state index contributed by atoms with van der Waals surface area (Å²) < 4.78 is 12.6. The highest BCUT2D eigenvalue weighted by atomic mass is 32.1. The molecule has 1 aliphatic heterocycles. The number of carboxylic acid groups (broad SMARTS) is 1. The predicted octanol–water partition coefficient (Wildman–Crippen LogP) is 6.46. The molecule has 3 heterocycles. The van der Waals surface area contributed by atoms with E-state index >= 15 is 0 Å². The van der Waals surface area contributed by atoms with Crippen molar-refractivity contribution in [3.63, 3.8) is 0 Å². The monoisotopic (exact) mass is 646 g/mol. The van der Waals surface area contributed by atoms with Crippen molar-refractivity contribution in [1.29, 1.82) is 0 Å². The van der Waals surface area contributed by atoms with Gasteiger partial charge in [-0.3, -0.25) is 9.59 Å². The second-order valence-corrected chi connectivity index (χ2v) is 14.3. The van der Waals surface area contributed by atoms with E-state index in [2.05, 4.69) is 43.6 Å². The van der Waals surface area contributed by atoms with Gasteiger partial charge < -0.3 is 24.8 Å². The molecule has 6 rings (SSSR count). The lowest BCUT2D eigenvalue weighted by atomic mass is 9.93. The highest BCUT2D eigenvalue weighted by Gasteiger charge is 2.59. The van der Waals surface area contributed by atoms with Gasteiger partial charge >= 0.3 is 5.97 Å². The second-order valence-electron chi connectivity index (χ2n) is 13.5. The van der Waals surface area contributed by atoms with E-state index in [-0.39, 0.29) is 29.8 Å². The average molecular weight is 647 g/mol. The molecule has 0 spiro atoms. The number of aromatic nitrogens is 2. The molecule has 1 amide bonds. The van der Waals surface area contributed by atoms with Crippen molar-refractivity contribution < 1.29 is 24.2 Å². The van der Waals surface area contributed by atoms with E-state index in [1.165, 1.54) is 0 Å². The smallest absolute Gasteiger partial charge is 0.324 e. The van der Waals surface area contributed by atoms with Crippen molar-refractivity contribution in [3.05, 3.63) is 47.0 Å². The molecule has 2 saturated carbocycles. The van der Waals surface area contributed by atoms with E-state index in [0.29, 0.717) is 38.3 Å². The first-order valence-electron chi connectivity index (χ1n) is 16.7. The van der Waals surface area contributed by atoms with Crippen LogP contribution in [0.2, 0.25) is 0 Å². The number of hydrogen-bond donors (Lipinski definition) is 2. The summed E-state index contributed by atoms with van der Waals surface area (Å²) in [7, 11) is 3.57. The van der Waals surface area contributed by atoms with Crippen LogP contribution < -0.4 is 14.8 Å². The molecule has 3 aromatic rings. The van der Waals surface area contributed by atoms with E-state index in [4.69, 9.17) is 19.4 Å². The number of allylic oxidation sites excluding steroid dienone is 1. The zero-order valence-electron chi connectivity index (χ0n) is 27.5. The van der Waals surface area contributed by atoms with Crippen LogP contribution in [0.1, 0.15) is 76.5 Å². The molecule has 5 atom stereocenters. The number of benzene rings is 1. The Balaban J connectivity index is 1.33. The van der Waals surface area contributed by atoms with Crippen LogP contribution in [0.15, 0.2) is 35.7 Å². The minimum Gasteiger partial charge on any atom is -0.496 e. The maximum absolute atomic E-state index is 13.8. The Kier molecular flexibility index (Phi) is 9.39. The van der Waals surface area contributed by atoms with Crippen molar-refractivity contribution in [2.75, 3.05) is 27.2 Å². The molecule has 2 aromatic heterocycles. The topological polar surface area (TPSA) is 114 Å². The first-order valence-corrected chi connectivity index (χ1v) is 17.6. The van der Waals surface area contributed by atoms with E-state index in [0.717, 1.165) is 70.0 Å². The number of carbonyl (C=O) groups is 2. The lowest BCUT2D eigenvalue weighted by Crippen LogP contribution is -2.45. The van der Waals surface area contributed by atoms with Gasteiger partial charge in [-0.25, -0.2) is 9.97 Å². The summed E-state index contributed by atoms with van der Waals surface area (Å²) in [5.41, 5.74) is 2.69. The van der Waals surface area contributed by atoms with Crippen molar-refractivity contribution >= 4 is 34.1 Å². The van der Waals surface area contributed by atoms with Crippen LogP contribution in [0.5, 0.6) is 11.5 Å². The van der Waals surface area contributed by atoms with Crippen LogP contribution in [-0.2, 0) is 16.0 Å². The van der Waals surface area contributed by atoms with Crippen molar-refractivity contribution in [2.24, 2.45) is 17.8 Å². The fourth-order valence-corrected chi connectivity index (χ4v) is 8.15. The van der Waals surface area contributed by atoms with Crippen LogP contribution in [-0.4, -0.2) is 70.7 Å². The number of aryl methyl sites for hydroxylation is 1. The molecule has 0 bridgehead atoms. The summed E-state index contributed by atoms with van der Waals surface area (Å²) in [5, 5.41) is 17.4. The number of carboxylic acids is 1. The summed E-state index contributed by atoms with van der Waals surface area (Å²) >= 11 is 1.58. The van der Waals surface area contributed by atoms with E-state index in [9.17, 15) is 14.7 Å². The number of methoxy groups -OCH3 is 1. The Morgan fingerprint density at radius 2 is 2.04 bits per heavy atom. The molecule has 0 unspecified atom stereocenters. The quantitative estimate of drug-likeness (QED) is 0.281. The first-order chi connectivity index (χ1) is 22.1. The third-order valence-corrected chi connectivity index (χ3v) is 11.0. The van der Waals surface area contributed by atoms with Crippen LogP contribution in [0, 0.1) is 17.8 Å². The lowest BCUT2D eigenvalue weighted by molar-refractivity contribution is -0.141. The SMILES string of the molecule is CCc1c(OC)ccc2c(O[C@@H]3C[C@H]4CN[C@]5(C(=O)O)C[C@H]5/C=C\CCCCN(C)C(=O)[C@@H]4C3)cc(-c3nc(C(C)C)cs3)nc12. The minimum absolute atomic E-state index is 0.0216. The Morgan fingerprint density at radius 3 is 2.76 bits per heavy atom. The number of rotatable bonds is 7. The molecule has 46 heavy (non-hydrogen) atoms. The number of ether oxygens (including phenoxy) is 2. The summed E-state index contributed by atoms with van der Waals surface area (Å²) in [6.45, 7) is 7.53. The molecule has 0 saturated heterocycles. The number of thiazole rings is 1. The number of fused-ring (bicyclic) bond motifs is 3. The fraction of sp³-hybridized carbons (Fsp3) is 0.556. The number of hydrogen-bond acceptors (Lipinski definition) is 8. The summed E-state index contributed by atoms with van der Waals surface area (Å²) in [5.74, 6) is 0.794. The Morgan fingerprint density at radius 1 is 1.22 bits per heavy atom. The number of nitrogens with zero attached hydrogens (tertiary/aromatic N) is 3. The minimum atomic E-state index is -0.951. The molecule has 2 fully saturated rings. The molecule has 10 heteroatoms. The summed E-state index contributed by atoms with van der Waals surface area (Å²) in [6, 6.07) is 5.96. The average Bonchev–Trinajstić information content (AvgIpc) is 3.34. The van der Waals surface area contributed by atoms with Crippen LogP contribution in [0.3, 0.4) is 0 Å². The molecule has 3 aliphatic rings.